The van der Waals surface area contributed by atoms with Crippen LogP contribution in [0.3, 0.4) is 0 Å². The van der Waals surface area contributed by atoms with Crippen molar-refractivity contribution in [2.24, 2.45) is 34.0 Å². The molecule has 1 saturated heterocycles. The van der Waals surface area contributed by atoms with E-state index in [1.165, 1.54) is 0 Å². The molecule has 8 atom stereocenters. The van der Waals surface area contributed by atoms with Gasteiger partial charge in [0.2, 0.25) is 0 Å². The molecular weight excluding hydrogens is 356 g/mol. The molecular formula is C23H36O5. The van der Waals surface area contributed by atoms with Crippen molar-refractivity contribution in [1.82, 2.24) is 0 Å². The summed E-state index contributed by atoms with van der Waals surface area (Å²) in [6.45, 7) is 8.91. The molecule has 0 amide bonds. The lowest BCUT2D eigenvalue weighted by Crippen LogP contribution is -2.68. The largest absolute Gasteiger partial charge is 0.393 e. The molecule has 5 aliphatic rings. The van der Waals surface area contributed by atoms with Gasteiger partial charge in [0.15, 0.2) is 5.79 Å². The fourth-order valence-electron chi connectivity index (χ4n) is 8.60. The summed E-state index contributed by atoms with van der Waals surface area (Å²) in [5.41, 5.74) is -1.24. The van der Waals surface area contributed by atoms with E-state index in [1.807, 2.05) is 13.8 Å². The van der Waals surface area contributed by atoms with E-state index in [0.717, 1.165) is 32.1 Å². The number of hydrogen-bond donors (Lipinski definition) is 2. The Morgan fingerprint density at radius 1 is 1.11 bits per heavy atom. The van der Waals surface area contributed by atoms with Crippen LogP contribution >= 0.6 is 0 Å². The monoisotopic (exact) mass is 392 g/mol. The standard InChI is InChI=1S/C23H36O5/c1-19(2)27-13-20(3)17(28-19)5-6-21(4)18(20)16(25)10-14-9-15-11-22(14,21)7-8-23(15,26)12-24/h14-15,17-18,24,26H,5-13H2,1-4H3. The van der Waals surface area contributed by atoms with Crippen LogP contribution in [-0.2, 0) is 14.3 Å². The highest BCUT2D eigenvalue weighted by Crippen LogP contribution is 2.75. The van der Waals surface area contributed by atoms with Gasteiger partial charge < -0.3 is 19.7 Å². The number of ether oxygens (including phenoxy) is 2. The van der Waals surface area contributed by atoms with Crippen LogP contribution < -0.4 is 0 Å². The summed E-state index contributed by atoms with van der Waals surface area (Å²) < 4.78 is 12.4. The first-order valence-corrected chi connectivity index (χ1v) is 11.2. The second kappa shape index (κ2) is 5.60. The normalized spacial score (nSPS) is 57.3. The molecule has 4 aliphatic carbocycles. The number of fused-ring (bicyclic) bond motifs is 4. The van der Waals surface area contributed by atoms with Gasteiger partial charge in [-0.3, -0.25) is 4.79 Å². The second-order valence-corrected chi connectivity index (χ2v) is 11.6. The van der Waals surface area contributed by atoms with E-state index in [1.54, 1.807) is 0 Å². The molecule has 8 unspecified atom stereocenters. The maximum absolute atomic E-state index is 13.6. The topological polar surface area (TPSA) is 76.0 Å². The molecule has 0 aromatic rings. The van der Waals surface area contributed by atoms with Crippen molar-refractivity contribution in [1.29, 1.82) is 0 Å². The lowest BCUT2D eigenvalue weighted by Gasteiger charge is -2.67. The first kappa shape index (κ1) is 19.5. The Balaban J connectivity index is 1.56. The summed E-state index contributed by atoms with van der Waals surface area (Å²) in [7, 11) is 0. The van der Waals surface area contributed by atoms with E-state index in [9.17, 15) is 15.0 Å². The van der Waals surface area contributed by atoms with E-state index in [-0.39, 0.29) is 40.8 Å². The SMILES string of the molecule is CC1(C)OCC2(C)C(CCC3(C)C2C(=O)CC2CC4CC23CCC4(O)CO)O1. The van der Waals surface area contributed by atoms with E-state index < -0.39 is 11.4 Å². The zero-order valence-electron chi connectivity index (χ0n) is 17.8. The summed E-state index contributed by atoms with van der Waals surface area (Å²) in [5, 5.41) is 20.8. The van der Waals surface area contributed by atoms with Crippen molar-refractivity contribution in [3.63, 3.8) is 0 Å². The van der Waals surface area contributed by atoms with Gasteiger partial charge in [-0.05, 0) is 75.0 Å². The smallest absolute Gasteiger partial charge is 0.163 e. The minimum atomic E-state index is -0.959. The molecule has 1 aliphatic heterocycles. The average Bonchev–Trinajstić information content (AvgIpc) is 2.96. The van der Waals surface area contributed by atoms with Crippen LogP contribution in [0.15, 0.2) is 0 Å². The Bertz CT molecular complexity index is 705. The Kier molecular flexibility index (Phi) is 3.89. The number of rotatable bonds is 1. The van der Waals surface area contributed by atoms with E-state index in [2.05, 4.69) is 13.8 Å². The lowest BCUT2D eigenvalue weighted by molar-refractivity contribution is -0.346. The summed E-state index contributed by atoms with van der Waals surface area (Å²) in [5.74, 6) is 0.191. The molecule has 5 rings (SSSR count). The third-order valence-electron chi connectivity index (χ3n) is 10.0. The van der Waals surface area contributed by atoms with Gasteiger partial charge in [0.1, 0.15) is 5.78 Å². The molecule has 5 nitrogen and oxygen atoms in total. The van der Waals surface area contributed by atoms with Gasteiger partial charge in [-0.2, -0.15) is 0 Å². The first-order chi connectivity index (χ1) is 13.0. The zero-order valence-corrected chi connectivity index (χ0v) is 17.8. The van der Waals surface area contributed by atoms with Crippen LogP contribution in [0.4, 0.5) is 0 Å². The predicted octanol–water partition coefficient (Wildman–Crippen LogP) is 3.06. The van der Waals surface area contributed by atoms with Gasteiger partial charge in [-0.25, -0.2) is 0 Å². The molecule has 5 fully saturated rings. The van der Waals surface area contributed by atoms with Gasteiger partial charge in [0, 0.05) is 17.8 Å². The Labute approximate surface area is 168 Å². The number of ketones is 1. The number of Topliss-reactive ketones (excluding diaryl/α,β-unsaturated/α-hetero) is 1. The van der Waals surface area contributed by atoms with Crippen LogP contribution in [0, 0.1) is 34.0 Å². The van der Waals surface area contributed by atoms with Crippen LogP contribution in [0.2, 0.25) is 0 Å². The van der Waals surface area contributed by atoms with E-state index >= 15 is 0 Å². The van der Waals surface area contributed by atoms with Crippen LogP contribution in [0.25, 0.3) is 0 Å². The summed E-state index contributed by atoms with van der Waals surface area (Å²) >= 11 is 0. The Morgan fingerprint density at radius 2 is 1.86 bits per heavy atom. The van der Waals surface area contributed by atoms with Crippen molar-refractivity contribution in [3.05, 3.63) is 0 Å². The quantitative estimate of drug-likeness (QED) is 0.717. The molecule has 0 aromatic heterocycles. The highest BCUT2D eigenvalue weighted by molar-refractivity contribution is 5.85. The molecule has 1 spiro atoms. The molecule has 4 saturated carbocycles. The average molecular weight is 393 g/mol. The van der Waals surface area contributed by atoms with Gasteiger partial charge in [-0.15, -0.1) is 0 Å². The van der Waals surface area contributed by atoms with Crippen molar-refractivity contribution >= 4 is 5.78 Å². The van der Waals surface area contributed by atoms with Crippen molar-refractivity contribution in [2.45, 2.75) is 90.1 Å². The number of carbonyl (C=O) groups is 1. The van der Waals surface area contributed by atoms with E-state index in [0.29, 0.717) is 31.1 Å². The molecule has 5 heteroatoms. The highest BCUT2D eigenvalue weighted by atomic mass is 16.7. The summed E-state index contributed by atoms with van der Waals surface area (Å²) in [4.78, 5) is 13.6. The molecule has 2 bridgehead atoms. The molecule has 1 heterocycles. The minimum Gasteiger partial charge on any atom is -0.393 e. The van der Waals surface area contributed by atoms with Crippen molar-refractivity contribution < 1.29 is 24.5 Å². The number of aliphatic hydroxyl groups is 2. The fourth-order valence-corrected chi connectivity index (χ4v) is 8.60. The van der Waals surface area contributed by atoms with Crippen LogP contribution in [0.1, 0.15) is 72.6 Å². The van der Waals surface area contributed by atoms with Crippen molar-refractivity contribution in [3.8, 4) is 0 Å². The minimum absolute atomic E-state index is 0.0508. The molecule has 158 valence electrons. The molecule has 28 heavy (non-hydrogen) atoms. The Hall–Kier alpha value is -0.490. The fraction of sp³-hybridized carbons (Fsp3) is 0.957. The molecule has 2 N–H and O–H groups in total. The second-order valence-electron chi connectivity index (χ2n) is 11.6. The first-order valence-electron chi connectivity index (χ1n) is 11.2. The summed E-state index contributed by atoms with van der Waals surface area (Å²) in [6, 6.07) is 0. The number of hydrogen-bond acceptors (Lipinski definition) is 5. The molecule has 0 radical (unpaired) electrons. The zero-order chi connectivity index (χ0) is 20.2. The third-order valence-corrected chi connectivity index (χ3v) is 10.0. The van der Waals surface area contributed by atoms with Gasteiger partial charge in [0.25, 0.3) is 0 Å². The number of carbonyl (C=O) groups excluding carboxylic acids is 1. The predicted molar refractivity (Wildman–Crippen MR) is 103 cm³/mol. The highest BCUT2D eigenvalue weighted by Gasteiger charge is 2.73. The van der Waals surface area contributed by atoms with E-state index in [4.69, 9.17) is 9.47 Å². The Morgan fingerprint density at radius 3 is 2.57 bits per heavy atom. The maximum atomic E-state index is 13.6. The van der Waals surface area contributed by atoms with Gasteiger partial charge in [-0.1, -0.05) is 13.8 Å². The van der Waals surface area contributed by atoms with Gasteiger partial charge >= 0.3 is 0 Å². The van der Waals surface area contributed by atoms with Crippen molar-refractivity contribution in [2.75, 3.05) is 13.2 Å². The molecule has 0 aromatic carbocycles. The van der Waals surface area contributed by atoms with Gasteiger partial charge in [0.05, 0.1) is 24.9 Å². The number of aliphatic hydroxyl groups excluding tert-OH is 1. The maximum Gasteiger partial charge on any atom is 0.163 e. The summed E-state index contributed by atoms with van der Waals surface area (Å²) in [6.07, 6.45) is 6.04. The lowest BCUT2D eigenvalue weighted by atomic mass is 9.38. The van der Waals surface area contributed by atoms with Crippen LogP contribution in [-0.4, -0.2) is 46.7 Å². The van der Waals surface area contributed by atoms with Crippen LogP contribution in [0.5, 0.6) is 0 Å². The third kappa shape index (κ3) is 2.20.